The van der Waals surface area contributed by atoms with E-state index in [9.17, 15) is 14.3 Å². The van der Waals surface area contributed by atoms with Gasteiger partial charge in [0.2, 0.25) is 5.88 Å². The molecule has 25 heavy (non-hydrogen) atoms. The lowest BCUT2D eigenvalue weighted by Gasteiger charge is -2.18. The summed E-state index contributed by atoms with van der Waals surface area (Å²) in [7, 11) is 0. The van der Waals surface area contributed by atoms with Gasteiger partial charge in [-0.3, -0.25) is 4.79 Å². The van der Waals surface area contributed by atoms with E-state index in [1.165, 1.54) is 18.2 Å². The molecule has 128 valence electrons. The van der Waals surface area contributed by atoms with E-state index in [1.54, 1.807) is 19.1 Å². The molecule has 1 aromatic heterocycles. The number of aliphatic hydroxyl groups excluding tert-OH is 1. The maximum absolute atomic E-state index is 13.4. The number of nitrogens with zero attached hydrogens (tertiary/aromatic N) is 1. The van der Waals surface area contributed by atoms with Crippen molar-refractivity contribution in [1.29, 1.82) is 0 Å². The zero-order valence-electron chi connectivity index (χ0n) is 14.0. The molecule has 1 atom stereocenters. The summed E-state index contributed by atoms with van der Waals surface area (Å²) in [6.07, 6.45) is -0.745. The molecule has 0 radical (unpaired) electrons. The van der Waals surface area contributed by atoms with E-state index in [0.29, 0.717) is 35.5 Å². The Balaban J connectivity index is 1.83. The second kappa shape index (κ2) is 5.70. The molecule has 0 spiro atoms. The van der Waals surface area contributed by atoms with Crippen LogP contribution < -0.4 is 10.3 Å². The topological polar surface area (TPSA) is 53.7 Å². The van der Waals surface area contributed by atoms with Crippen LogP contribution in [-0.2, 0) is 13.1 Å². The molecule has 1 aliphatic rings. The number of benzene rings is 2. The summed E-state index contributed by atoms with van der Waals surface area (Å²) in [6.45, 7) is 4.57. The molecule has 0 saturated heterocycles. The Kier molecular flexibility index (Phi) is 3.62. The zero-order chi connectivity index (χ0) is 17.7. The minimum Gasteiger partial charge on any atom is -0.440 e. The third kappa shape index (κ3) is 2.70. The molecule has 1 aliphatic heterocycles. The van der Waals surface area contributed by atoms with E-state index in [1.807, 2.05) is 17.9 Å². The van der Waals surface area contributed by atoms with Crippen LogP contribution in [-0.4, -0.2) is 5.11 Å². The number of fused-ring (bicyclic) bond motifs is 2. The molecule has 2 aromatic carbocycles. The first kappa shape index (κ1) is 15.8. The van der Waals surface area contributed by atoms with E-state index < -0.39 is 6.10 Å². The molecule has 1 N–H and O–H groups in total. The third-order valence-corrected chi connectivity index (χ3v) is 4.64. The van der Waals surface area contributed by atoms with Crippen molar-refractivity contribution in [3.63, 3.8) is 0 Å². The van der Waals surface area contributed by atoms with Crippen LogP contribution >= 0.6 is 0 Å². The Morgan fingerprint density at radius 3 is 2.68 bits per heavy atom. The number of aliphatic hydroxyl groups is 1. The lowest BCUT2D eigenvalue weighted by molar-refractivity contribution is 0.199. The van der Waals surface area contributed by atoms with E-state index >= 15 is 0 Å². The Hall–Kier alpha value is -2.66. The summed E-state index contributed by atoms with van der Waals surface area (Å²) >= 11 is 0. The highest BCUT2D eigenvalue weighted by atomic mass is 19.1. The molecule has 0 fully saturated rings. The van der Waals surface area contributed by atoms with Gasteiger partial charge < -0.3 is 14.4 Å². The van der Waals surface area contributed by atoms with E-state index in [0.717, 1.165) is 16.7 Å². The van der Waals surface area contributed by atoms with Crippen molar-refractivity contribution in [2.24, 2.45) is 0 Å². The Bertz CT molecular complexity index is 1040. The van der Waals surface area contributed by atoms with Gasteiger partial charge in [0.05, 0.1) is 11.5 Å². The molecule has 0 saturated carbocycles. The molecular weight excluding hydrogens is 321 g/mol. The van der Waals surface area contributed by atoms with Crippen molar-refractivity contribution < 1.29 is 13.9 Å². The van der Waals surface area contributed by atoms with Gasteiger partial charge in [-0.05, 0) is 54.8 Å². The molecule has 0 bridgehead atoms. The lowest BCUT2D eigenvalue weighted by Crippen LogP contribution is -2.17. The van der Waals surface area contributed by atoms with Crippen LogP contribution in [0.1, 0.15) is 35.3 Å². The Labute approximate surface area is 144 Å². The monoisotopic (exact) mass is 339 g/mol. The summed E-state index contributed by atoms with van der Waals surface area (Å²) in [5, 5.41) is 10.5. The normalized spacial score (nSPS) is 14.8. The number of rotatable bonds is 2. The highest BCUT2D eigenvalue weighted by Gasteiger charge is 2.23. The molecule has 3 aromatic rings. The molecule has 4 nitrogen and oxygen atoms in total. The van der Waals surface area contributed by atoms with Crippen molar-refractivity contribution in [2.75, 3.05) is 4.90 Å². The van der Waals surface area contributed by atoms with Gasteiger partial charge >= 0.3 is 0 Å². The summed E-state index contributed by atoms with van der Waals surface area (Å²) in [5.41, 5.74) is 3.66. The number of halogens is 1. The number of aryl methyl sites for hydroxylation is 1. The fourth-order valence-electron chi connectivity index (χ4n) is 3.41. The molecular formula is C20H18FNO3. The smallest absolute Gasteiger partial charge is 0.200 e. The summed E-state index contributed by atoms with van der Waals surface area (Å²) in [6, 6.07) is 9.77. The summed E-state index contributed by atoms with van der Waals surface area (Å²) < 4.78 is 19.4. The minimum atomic E-state index is -0.745. The number of anilines is 1. The highest BCUT2D eigenvalue weighted by Crippen LogP contribution is 2.32. The second-order valence-corrected chi connectivity index (χ2v) is 6.62. The van der Waals surface area contributed by atoms with Gasteiger partial charge in [-0.2, -0.15) is 0 Å². The predicted octanol–water partition coefficient (Wildman–Crippen LogP) is 3.81. The van der Waals surface area contributed by atoms with Gasteiger partial charge in [-0.1, -0.05) is 6.07 Å². The van der Waals surface area contributed by atoms with E-state index in [4.69, 9.17) is 4.42 Å². The quantitative estimate of drug-likeness (QED) is 0.771. The third-order valence-electron chi connectivity index (χ3n) is 4.64. The Morgan fingerprint density at radius 2 is 1.92 bits per heavy atom. The van der Waals surface area contributed by atoms with Crippen molar-refractivity contribution in [3.8, 4) is 0 Å². The van der Waals surface area contributed by atoms with Crippen LogP contribution in [0.4, 0.5) is 10.3 Å². The average Bonchev–Trinajstić information content (AvgIpc) is 2.97. The van der Waals surface area contributed by atoms with Crippen molar-refractivity contribution in [3.05, 3.63) is 74.7 Å². The van der Waals surface area contributed by atoms with Crippen LogP contribution in [0.25, 0.3) is 11.0 Å². The van der Waals surface area contributed by atoms with Crippen molar-refractivity contribution in [1.82, 2.24) is 0 Å². The van der Waals surface area contributed by atoms with Crippen LogP contribution in [0.15, 0.2) is 45.6 Å². The van der Waals surface area contributed by atoms with Gasteiger partial charge in [0.1, 0.15) is 11.4 Å². The zero-order valence-corrected chi connectivity index (χ0v) is 14.0. The van der Waals surface area contributed by atoms with Crippen LogP contribution in [0.3, 0.4) is 0 Å². The maximum Gasteiger partial charge on any atom is 0.200 e. The number of hydrogen-bond acceptors (Lipinski definition) is 4. The summed E-state index contributed by atoms with van der Waals surface area (Å²) in [5.74, 6) is 0.160. The van der Waals surface area contributed by atoms with E-state index in [2.05, 4.69) is 0 Å². The van der Waals surface area contributed by atoms with Gasteiger partial charge in [0.25, 0.3) is 0 Å². The average molecular weight is 339 g/mol. The second-order valence-electron chi connectivity index (χ2n) is 6.62. The van der Waals surface area contributed by atoms with Gasteiger partial charge in [0, 0.05) is 24.7 Å². The van der Waals surface area contributed by atoms with Gasteiger partial charge in [-0.25, -0.2) is 4.39 Å². The molecule has 4 rings (SSSR count). The van der Waals surface area contributed by atoms with Crippen LogP contribution in [0, 0.1) is 12.7 Å². The standard InChI is InChI=1S/C20H18FNO3/c1-11-5-16(12(2)23)20-17(6-11)18(24)8-19(25-20)22-9-13-3-4-15(21)7-14(13)10-22/h3-8,12,23H,9-10H2,1-2H3. The van der Waals surface area contributed by atoms with Crippen molar-refractivity contribution in [2.45, 2.75) is 33.0 Å². The molecule has 1 unspecified atom stereocenters. The number of hydrogen-bond donors (Lipinski definition) is 1. The molecule has 0 aliphatic carbocycles. The fraction of sp³-hybridized carbons (Fsp3) is 0.250. The first-order valence-corrected chi connectivity index (χ1v) is 8.21. The van der Waals surface area contributed by atoms with Gasteiger partial charge in [-0.15, -0.1) is 0 Å². The molecule has 5 heteroatoms. The lowest BCUT2D eigenvalue weighted by atomic mass is 10.0. The Morgan fingerprint density at radius 1 is 1.16 bits per heavy atom. The minimum absolute atomic E-state index is 0.149. The van der Waals surface area contributed by atoms with Crippen molar-refractivity contribution >= 4 is 16.9 Å². The van der Waals surface area contributed by atoms with E-state index in [-0.39, 0.29) is 11.2 Å². The first-order chi connectivity index (χ1) is 11.9. The maximum atomic E-state index is 13.4. The molecule has 0 amide bonds. The SMILES string of the molecule is Cc1cc(C(C)O)c2oc(N3Cc4ccc(F)cc4C3)cc(=O)c2c1. The predicted molar refractivity (Wildman–Crippen MR) is 94.1 cm³/mol. The molecule has 2 heterocycles. The van der Waals surface area contributed by atoms with Crippen LogP contribution in [0.2, 0.25) is 0 Å². The summed E-state index contributed by atoms with van der Waals surface area (Å²) in [4.78, 5) is 14.5. The van der Waals surface area contributed by atoms with Gasteiger partial charge in [0.15, 0.2) is 5.43 Å². The van der Waals surface area contributed by atoms with Crippen LogP contribution in [0.5, 0.6) is 0 Å². The first-order valence-electron chi connectivity index (χ1n) is 8.21. The largest absolute Gasteiger partial charge is 0.440 e. The highest BCUT2D eigenvalue weighted by molar-refractivity contribution is 5.82. The fourth-order valence-corrected chi connectivity index (χ4v) is 3.41.